The normalized spacial score (nSPS) is 23.8. The molecule has 1 fully saturated rings. The lowest BCUT2D eigenvalue weighted by Gasteiger charge is -2.40. The Morgan fingerprint density at radius 3 is 2.36 bits per heavy atom. The number of aldehydes is 1. The van der Waals surface area contributed by atoms with Gasteiger partial charge in [0, 0.05) is 0 Å². The van der Waals surface area contributed by atoms with Crippen molar-refractivity contribution >= 4 is 6.29 Å². The van der Waals surface area contributed by atoms with Crippen molar-refractivity contribution in [2.24, 2.45) is 5.92 Å². The Morgan fingerprint density at radius 1 is 1.64 bits per heavy atom. The number of rotatable bonds is 4. The van der Waals surface area contributed by atoms with Crippen molar-refractivity contribution in [2.75, 3.05) is 7.05 Å². The first-order valence-electron chi connectivity index (χ1n) is 4.44. The highest BCUT2D eigenvalue weighted by atomic mass is 16.1. The fraction of sp³-hybridized carbons (Fsp3) is 0.889. The Labute approximate surface area is 68.4 Å². The molecule has 1 N–H and O–H groups in total. The third kappa shape index (κ3) is 1.32. The number of nitrogens with one attached hydrogen (secondary N) is 1. The minimum atomic E-state index is -0.210. The summed E-state index contributed by atoms with van der Waals surface area (Å²) in [5.41, 5.74) is -0.210. The maximum atomic E-state index is 10.9. The molecule has 0 bridgehead atoms. The van der Waals surface area contributed by atoms with Crippen molar-refractivity contribution in [1.29, 1.82) is 0 Å². The van der Waals surface area contributed by atoms with Crippen LogP contribution in [0.3, 0.4) is 0 Å². The molecule has 0 unspecified atom stereocenters. The lowest BCUT2D eigenvalue weighted by molar-refractivity contribution is -0.116. The quantitative estimate of drug-likeness (QED) is 0.621. The highest BCUT2D eigenvalue weighted by Crippen LogP contribution is 2.36. The average molecular weight is 155 g/mol. The van der Waals surface area contributed by atoms with Gasteiger partial charge in [-0.3, -0.25) is 0 Å². The van der Waals surface area contributed by atoms with E-state index in [9.17, 15) is 4.79 Å². The molecular formula is C9H17NO. The van der Waals surface area contributed by atoms with Gasteiger partial charge in [0.15, 0.2) is 0 Å². The Hall–Kier alpha value is -0.370. The zero-order valence-electron chi connectivity index (χ0n) is 7.39. The van der Waals surface area contributed by atoms with E-state index < -0.39 is 0 Å². The summed E-state index contributed by atoms with van der Waals surface area (Å²) >= 11 is 0. The molecule has 1 rings (SSSR count). The van der Waals surface area contributed by atoms with E-state index in [1.807, 2.05) is 7.05 Å². The maximum absolute atomic E-state index is 10.9. The van der Waals surface area contributed by atoms with Crippen LogP contribution < -0.4 is 5.32 Å². The first kappa shape index (κ1) is 8.72. The third-order valence-electron chi connectivity index (χ3n) is 3.09. The van der Waals surface area contributed by atoms with Crippen molar-refractivity contribution < 1.29 is 4.79 Å². The van der Waals surface area contributed by atoms with E-state index in [4.69, 9.17) is 0 Å². The summed E-state index contributed by atoms with van der Waals surface area (Å²) < 4.78 is 0. The van der Waals surface area contributed by atoms with Gasteiger partial charge < -0.3 is 10.1 Å². The molecule has 1 atom stereocenters. The zero-order valence-corrected chi connectivity index (χ0v) is 7.39. The van der Waals surface area contributed by atoms with Gasteiger partial charge in [-0.05, 0) is 32.2 Å². The summed E-state index contributed by atoms with van der Waals surface area (Å²) in [6.45, 7) is 2.07. The second-order valence-corrected chi connectivity index (χ2v) is 3.39. The minimum Gasteiger partial charge on any atom is -0.308 e. The molecule has 64 valence electrons. The summed E-state index contributed by atoms with van der Waals surface area (Å²) in [7, 11) is 1.89. The first-order valence-corrected chi connectivity index (χ1v) is 4.44. The van der Waals surface area contributed by atoms with Crippen LogP contribution in [0.25, 0.3) is 0 Å². The van der Waals surface area contributed by atoms with Crippen LogP contribution in [0.4, 0.5) is 0 Å². The van der Waals surface area contributed by atoms with Gasteiger partial charge in [0.25, 0.3) is 0 Å². The van der Waals surface area contributed by atoms with Gasteiger partial charge >= 0.3 is 0 Å². The van der Waals surface area contributed by atoms with Gasteiger partial charge in [-0.2, -0.15) is 0 Å². The molecule has 0 saturated heterocycles. The van der Waals surface area contributed by atoms with Crippen LogP contribution in [0.1, 0.15) is 32.6 Å². The molecule has 11 heavy (non-hydrogen) atoms. The molecule has 1 aliphatic carbocycles. The van der Waals surface area contributed by atoms with Gasteiger partial charge in [0.1, 0.15) is 6.29 Å². The van der Waals surface area contributed by atoms with Crippen molar-refractivity contribution in [3.63, 3.8) is 0 Å². The largest absolute Gasteiger partial charge is 0.308 e. The van der Waals surface area contributed by atoms with Crippen molar-refractivity contribution in [1.82, 2.24) is 5.32 Å². The molecule has 1 aliphatic rings. The molecule has 1 saturated carbocycles. The van der Waals surface area contributed by atoms with Crippen LogP contribution in [0.5, 0.6) is 0 Å². The van der Waals surface area contributed by atoms with Crippen molar-refractivity contribution in [3.8, 4) is 0 Å². The molecule has 0 aliphatic heterocycles. The lowest BCUT2D eigenvalue weighted by atomic mass is 9.70. The molecule has 0 aromatic heterocycles. The second kappa shape index (κ2) is 3.35. The van der Waals surface area contributed by atoms with Crippen LogP contribution in [0.2, 0.25) is 0 Å². The van der Waals surface area contributed by atoms with Crippen molar-refractivity contribution in [2.45, 2.75) is 38.1 Å². The van der Waals surface area contributed by atoms with Gasteiger partial charge in [-0.15, -0.1) is 0 Å². The van der Waals surface area contributed by atoms with Gasteiger partial charge in [-0.1, -0.05) is 13.3 Å². The summed E-state index contributed by atoms with van der Waals surface area (Å²) in [5, 5.41) is 3.15. The number of hydrogen-bond donors (Lipinski definition) is 1. The summed E-state index contributed by atoms with van der Waals surface area (Å²) in [6.07, 6.45) is 5.73. The minimum absolute atomic E-state index is 0.210. The number of carbonyl (C=O) groups is 1. The van der Waals surface area contributed by atoms with Crippen LogP contribution in [-0.4, -0.2) is 18.9 Å². The predicted molar refractivity (Wildman–Crippen MR) is 45.5 cm³/mol. The molecule has 0 aromatic carbocycles. The van der Waals surface area contributed by atoms with Crippen LogP contribution >= 0.6 is 0 Å². The fourth-order valence-corrected chi connectivity index (χ4v) is 1.83. The Morgan fingerprint density at radius 2 is 2.27 bits per heavy atom. The van der Waals surface area contributed by atoms with Gasteiger partial charge in [0.05, 0.1) is 5.54 Å². The standard InChI is InChI=1S/C9H17NO/c1-3-9(7-11,10-2)8-5-4-6-8/h7-8,10H,3-6H2,1-2H3/t9-/m1/s1. The second-order valence-electron chi connectivity index (χ2n) is 3.39. The summed E-state index contributed by atoms with van der Waals surface area (Å²) in [4.78, 5) is 10.9. The predicted octanol–water partition coefficient (Wildman–Crippen LogP) is 1.35. The number of hydrogen-bond acceptors (Lipinski definition) is 2. The molecule has 0 spiro atoms. The number of carbonyl (C=O) groups excluding carboxylic acids is 1. The molecule has 2 heteroatoms. The van der Waals surface area contributed by atoms with Crippen LogP contribution in [0.15, 0.2) is 0 Å². The molecule has 0 aromatic rings. The van der Waals surface area contributed by atoms with E-state index in [2.05, 4.69) is 12.2 Å². The van der Waals surface area contributed by atoms with E-state index in [-0.39, 0.29) is 5.54 Å². The Kier molecular flexibility index (Phi) is 2.66. The SMILES string of the molecule is CC[C@](C=O)(NC)C1CCC1. The highest BCUT2D eigenvalue weighted by Gasteiger charge is 2.38. The van der Waals surface area contributed by atoms with Gasteiger partial charge in [0.2, 0.25) is 0 Å². The molecule has 0 amide bonds. The highest BCUT2D eigenvalue weighted by molar-refractivity contribution is 5.65. The molecule has 0 radical (unpaired) electrons. The Bertz CT molecular complexity index is 136. The van der Waals surface area contributed by atoms with Gasteiger partial charge in [-0.25, -0.2) is 0 Å². The van der Waals surface area contributed by atoms with E-state index in [0.29, 0.717) is 5.92 Å². The first-order chi connectivity index (χ1) is 5.29. The maximum Gasteiger partial charge on any atom is 0.140 e. The zero-order chi connectivity index (χ0) is 8.32. The number of likely N-dealkylation sites (N-methyl/N-ethyl adjacent to an activating group) is 1. The smallest absolute Gasteiger partial charge is 0.140 e. The molecule has 0 heterocycles. The van der Waals surface area contributed by atoms with Crippen molar-refractivity contribution in [3.05, 3.63) is 0 Å². The monoisotopic (exact) mass is 155 g/mol. The van der Waals surface area contributed by atoms with E-state index in [1.165, 1.54) is 19.3 Å². The van der Waals surface area contributed by atoms with Crippen LogP contribution in [0, 0.1) is 5.92 Å². The van der Waals surface area contributed by atoms with Crippen LogP contribution in [-0.2, 0) is 4.79 Å². The van der Waals surface area contributed by atoms with E-state index in [1.54, 1.807) is 0 Å². The molecule has 2 nitrogen and oxygen atoms in total. The molecular weight excluding hydrogens is 138 g/mol. The van der Waals surface area contributed by atoms with E-state index >= 15 is 0 Å². The average Bonchev–Trinajstić information content (AvgIpc) is 1.97. The topological polar surface area (TPSA) is 29.1 Å². The summed E-state index contributed by atoms with van der Waals surface area (Å²) in [6, 6.07) is 0. The lowest BCUT2D eigenvalue weighted by Crippen LogP contribution is -2.52. The van der Waals surface area contributed by atoms with E-state index in [0.717, 1.165) is 12.7 Å². The fourth-order valence-electron chi connectivity index (χ4n) is 1.83. The Balaban J connectivity index is 2.61. The third-order valence-corrected chi connectivity index (χ3v) is 3.09. The summed E-state index contributed by atoms with van der Waals surface area (Å²) in [5.74, 6) is 0.593.